The zero-order chi connectivity index (χ0) is 13.7. The van der Waals surface area contributed by atoms with Crippen molar-refractivity contribution < 1.29 is 4.74 Å². The Labute approximate surface area is 129 Å². The number of hydrogen-bond acceptors (Lipinski definition) is 3. The number of nitrogens with one attached hydrogen (secondary N) is 1. The van der Waals surface area contributed by atoms with Gasteiger partial charge in [-0.15, -0.1) is 12.4 Å². The van der Waals surface area contributed by atoms with E-state index < -0.39 is 0 Å². The van der Waals surface area contributed by atoms with E-state index in [0.717, 1.165) is 25.4 Å². The molecule has 20 heavy (non-hydrogen) atoms. The van der Waals surface area contributed by atoms with E-state index >= 15 is 0 Å². The molecule has 0 amide bonds. The van der Waals surface area contributed by atoms with Gasteiger partial charge >= 0.3 is 0 Å². The molecule has 1 atom stereocenters. The number of aryl methyl sites for hydroxylation is 1. The lowest BCUT2D eigenvalue weighted by atomic mass is 10.1. The van der Waals surface area contributed by atoms with Gasteiger partial charge in [0, 0.05) is 19.1 Å². The normalized spacial score (nSPS) is 18.1. The van der Waals surface area contributed by atoms with Gasteiger partial charge in [0.1, 0.15) is 5.75 Å². The van der Waals surface area contributed by atoms with Gasteiger partial charge in [-0.3, -0.25) is 4.90 Å². The maximum Gasteiger partial charge on any atom is 0.122 e. The molecule has 0 aliphatic carbocycles. The van der Waals surface area contributed by atoms with Crippen molar-refractivity contribution >= 4 is 12.4 Å². The lowest BCUT2D eigenvalue weighted by Gasteiger charge is -2.28. The molecule has 1 saturated heterocycles. The summed E-state index contributed by atoms with van der Waals surface area (Å²) in [6.07, 6.45) is 2.47. The van der Waals surface area contributed by atoms with E-state index in [1.165, 1.54) is 30.5 Å². The van der Waals surface area contributed by atoms with Crippen LogP contribution in [0.2, 0.25) is 0 Å². The topological polar surface area (TPSA) is 24.5 Å². The van der Waals surface area contributed by atoms with E-state index in [0.29, 0.717) is 6.04 Å². The van der Waals surface area contributed by atoms with Crippen LogP contribution in [0.5, 0.6) is 5.75 Å². The molecule has 1 fully saturated rings. The summed E-state index contributed by atoms with van der Waals surface area (Å²) in [4.78, 5) is 2.60. The van der Waals surface area contributed by atoms with Gasteiger partial charge in [0.2, 0.25) is 0 Å². The van der Waals surface area contributed by atoms with Crippen LogP contribution in [0.3, 0.4) is 0 Å². The smallest absolute Gasteiger partial charge is 0.122 e. The van der Waals surface area contributed by atoms with E-state index in [2.05, 4.69) is 42.3 Å². The molecule has 1 aliphatic heterocycles. The van der Waals surface area contributed by atoms with Gasteiger partial charge in [0.25, 0.3) is 0 Å². The molecular weight excluding hydrogens is 272 g/mol. The van der Waals surface area contributed by atoms with Crippen molar-refractivity contribution in [2.75, 3.05) is 26.7 Å². The van der Waals surface area contributed by atoms with Gasteiger partial charge in [-0.1, -0.05) is 19.1 Å². The first-order valence-electron chi connectivity index (χ1n) is 7.33. The molecule has 3 nitrogen and oxygen atoms in total. The minimum absolute atomic E-state index is 0. The highest BCUT2D eigenvalue weighted by molar-refractivity contribution is 5.85. The highest BCUT2D eigenvalue weighted by Gasteiger charge is 2.21. The second-order valence-corrected chi connectivity index (χ2v) is 5.42. The summed E-state index contributed by atoms with van der Waals surface area (Å²) in [5, 5.41) is 3.46. The maximum absolute atomic E-state index is 5.42. The molecule has 1 aromatic carbocycles. The van der Waals surface area contributed by atoms with Gasteiger partial charge < -0.3 is 10.1 Å². The molecule has 1 aliphatic rings. The fourth-order valence-electron chi connectivity index (χ4n) is 2.83. The highest BCUT2D eigenvalue weighted by Crippen LogP contribution is 2.21. The van der Waals surface area contributed by atoms with Crippen LogP contribution in [0.25, 0.3) is 0 Å². The Morgan fingerprint density at radius 2 is 2.20 bits per heavy atom. The van der Waals surface area contributed by atoms with Crippen LogP contribution in [0.1, 0.15) is 30.9 Å². The molecule has 4 heteroatoms. The molecule has 1 heterocycles. The lowest BCUT2D eigenvalue weighted by molar-refractivity contribution is 0.199. The monoisotopic (exact) mass is 298 g/mol. The summed E-state index contributed by atoms with van der Waals surface area (Å²) in [6.45, 7) is 8.82. The number of rotatable bonds is 6. The zero-order valence-corrected chi connectivity index (χ0v) is 13.6. The third kappa shape index (κ3) is 4.37. The van der Waals surface area contributed by atoms with Crippen LogP contribution >= 0.6 is 12.4 Å². The van der Waals surface area contributed by atoms with Gasteiger partial charge in [-0.2, -0.15) is 0 Å². The van der Waals surface area contributed by atoms with Crippen molar-refractivity contribution in [2.45, 2.75) is 39.3 Å². The fraction of sp³-hybridized carbons (Fsp3) is 0.625. The number of nitrogens with zero attached hydrogens (tertiary/aromatic N) is 1. The van der Waals surface area contributed by atoms with Crippen LogP contribution in [0.4, 0.5) is 0 Å². The Bertz CT molecular complexity index is 405. The molecule has 0 bridgehead atoms. The van der Waals surface area contributed by atoms with Gasteiger partial charge in [-0.05, 0) is 50.0 Å². The van der Waals surface area contributed by atoms with E-state index in [9.17, 15) is 0 Å². The molecule has 0 aromatic heterocycles. The van der Waals surface area contributed by atoms with Crippen molar-refractivity contribution in [3.05, 3.63) is 29.3 Å². The van der Waals surface area contributed by atoms with Crippen molar-refractivity contribution in [2.24, 2.45) is 0 Å². The molecular formula is C16H27ClN2O. The quantitative estimate of drug-likeness (QED) is 0.874. The summed E-state index contributed by atoms with van der Waals surface area (Å²) >= 11 is 0. The van der Waals surface area contributed by atoms with Gasteiger partial charge in [-0.25, -0.2) is 0 Å². The van der Waals surface area contributed by atoms with Crippen LogP contribution in [-0.4, -0.2) is 37.7 Å². The summed E-state index contributed by atoms with van der Waals surface area (Å²) in [5.41, 5.74) is 2.55. The van der Waals surface area contributed by atoms with Crippen molar-refractivity contribution in [3.8, 4) is 5.75 Å². The molecule has 1 N–H and O–H groups in total. The molecule has 114 valence electrons. The Kier molecular flexibility index (Phi) is 7.35. The second-order valence-electron chi connectivity index (χ2n) is 5.42. The number of methoxy groups -OCH3 is 1. The number of hydrogen-bond donors (Lipinski definition) is 1. The molecule has 1 unspecified atom stereocenters. The predicted octanol–water partition coefficient (Wildman–Crippen LogP) is 3.00. The zero-order valence-electron chi connectivity index (χ0n) is 12.8. The third-order valence-corrected chi connectivity index (χ3v) is 3.92. The Morgan fingerprint density at radius 3 is 2.80 bits per heavy atom. The fourth-order valence-corrected chi connectivity index (χ4v) is 2.83. The average molecular weight is 299 g/mol. The molecule has 0 spiro atoms. The van der Waals surface area contributed by atoms with Gasteiger partial charge in [0.05, 0.1) is 7.11 Å². The van der Waals surface area contributed by atoms with Crippen molar-refractivity contribution in [1.82, 2.24) is 10.2 Å². The van der Waals surface area contributed by atoms with Crippen molar-refractivity contribution in [1.29, 1.82) is 0 Å². The van der Waals surface area contributed by atoms with Crippen LogP contribution in [-0.2, 0) is 6.54 Å². The Morgan fingerprint density at radius 1 is 1.40 bits per heavy atom. The average Bonchev–Trinajstić information content (AvgIpc) is 2.94. The second kappa shape index (κ2) is 8.50. The first kappa shape index (κ1) is 17.3. The highest BCUT2D eigenvalue weighted by atomic mass is 35.5. The van der Waals surface area contributed by atoms with E-state index in [4.69, 9.17) is 4.74 Å². The maximum atomic E-state index is 5.42. The molecule has 2 rings (SSSR count). The third-order valence-electron chi connectivity index (χ3n) is 3.92. The van der Waals surface area contributed by atoms with E-state index in [-0.39, 0.29) is 12.4 Å². The van der Waals surface area contributed by atoms with Crippen LogP contribution in [0.15, 0.2) is 18.2 Å². The first-order chi connectivity index (χ1) is 9.24. The van der Waals surface area contributed by atoms with Crippen molar-refractivity contribution in [3.63, 3.8) is 0 Å². The lowest BCUT2D eigenvalue weighted by Crippen LogP contribution is -2.36. The van der Waals surface area contributed by atoms with Crippen LogP contribution < -0.4 is 10.1 Å². The summed E-state index contributed by atoms with van der Waals surface area (Å²) in [7, 11) is 1.75. The summed E-state index contributed by atoms with van der Waals surface area (Å²) in [6, 6.07) is 7.25. The first-order valence-corrected chi connectivity index (χ1v) is 7.33. The number of ether oxygens (including phenoxy) is 1. The Hall–Kier alpha value is -0.770. The molecule has 1 aromatic rings. The standard InChI is InChI=1S/C16H26N2O.ClH/c1-4-9-18(15-7-8-17-11-15)12-14-6-5-13(2)16(10-14)19-3;/h5-6,10,15,17H,4,7-9,11-12H2,1-3H3;1H. The number of benzene rings is 1. The van der Waals surface area contributed by atoms with Gasteiger partial charge in [0.15, 0.2) is 0 Å². The summed E-state index contributed by atoms with van der Waals surface area (Å²) in [5.74, 6) is 0.999. The predicted molar refractivity (Wildman–Crippen MR) is 87.0 cm³/mol. The van der Waals surface area contributed by atoms with E-state index in [1.54, 1.807) is 7.11 Å². The largest absolute Gasteiger partial charge is 0.496 e. The minimum Gasteiger partial charge on any atom is -0.496 e. The SMILES string of the molecule is CCCN(Cc1ccc(C)c(OC)c1)C1CCNC1.Cl. The minimum atomic E-state index is 0. The molecule has 0 saturated carbocycles. The number of halogens is 1. The van der Waals surface area contributed by atoms with Crippen LogP contribution in [0, 0.1) is 6.92 Å². The summed E-state index contributed by atoms with van der Waals surface area (Å²) < 4.78 is 5.42. The Balaban J connectivity index is 0.00000200. The molecule has 0 radical (unpaired) electrons. The van der Waals surface area contributed by atoms with E-state index in [1.807, 2.05) is 0 Å².